The molecule has 2 amide bonds. The SMILES string of the molecule is O=C(Nc1cccc2c1C(=O)c1c(Sc3ccccc3)ccc(NC(=O)c3ccccc3)c1C2=O)c1ccccc1. The number of carbonyl (C=O) groups excluding carboxylic acids is 4. The molecule has 198 valence electrons. The lowest BCUT2D eigenvalue weighted by Gasteiger charge is -2.24. The zero-order valence-electron chi connectivity index (χ0n) is 21.6. The molecular weight excluding hydrogens is 532 g/mol. The smallest absolute Gasteiger partial charge is 0.255 e. The number of amides is 2. The van der Waals surface area contributed by atoms with Crippen LogP contribution in [0.5, 0.6) is 0 Å². The van der Waals surface area contributed by atoms with Gasteiger partial charge in [-0.2, -0.15) is 0 Å². The number of fused-ring (bicyclic) bond motifs is 2. The summed E-state index contributed by atoms with van der Waals surface area (Å²) in [7, 11) is 0. The number of benzene rings is 5. The number of ketones is 2. The zero-order valence-corrected chi connectivity index (χ0v) is 22.4. The van der Waals surface area contributed by atoms with Crippen molar-refractivity contribution in [2.24, 2.45) is 0 Å². The summed E-state index contributed by atoms with van der Waals surface area (Å²) < 4.78 is 0. The molecule has 0 bridgehead atoms. The van der Waals surface area contributed by atoms with Crippen LogP contribution < -0.4 is 10.6 Å². The van der Waals surface area contributed by atoms with Crippen LogP contribution in [0.1, 0.15) is 52.6 Å². The summed E-state index contributed by atoms with van der Waals surface area (Å²) in [6.07, 6.45) is 0. The summed E-state index contributed by atoms with van der Waals surface area (Å²) in [6, 6.07) is 35.0. The van der Waals surface area contributed by atoms with E-state index in [1.807, 2.05) is 36.4 Å². The van der Waals surface area contributed by atoms with E-state index in [4.69, 9.17) is 0 Å². The molecule has 0 unspecified atom stereocenters. The van der Waals surface area contributed by atoms with Crippen LogP contribution in [0.4, 0.5) is 11.4 Å². The van der Waals surface area contributed by atoms with E-state index in [1.54, 1.807) is 84.9 Å². The van der Waals surface area contributed by atoms with Gasteiger partial charge in [0.25, 0.3) is 11.8 Å². The van der Waals surface area contributed by atoms with Crippen molar-refractivity contribution in [2.45, 2.75) is 9.79 Å². The average Bonchev–Trinajstić information content (AvgIpc) is 3.01. The summed E-state index contributed by atoms with van der Waals surface area (Å²) in [6.45, 7) is 0. The van der Waals surface area contributed by atoms with Crippen molar-refractivity contribution in [3.05, 3.63) is 155 Å². The Morgan fingerprint density at radius 2 is 1.02 bits per heavy atom. The van der Waals surface area contributed by atoms with Crippen molar-refractivity contribution in [2.75, 3.05) is 10.6 Å². The van der Waals surface area contributed by atoms with Gasteiger partial charge in [0.2, 0.25) is 0 Å². The van der Waals surface area contributed by atoms with Gasteiger partial charge in [-0.1, -0.05) is 78.5 Å². The lowest BCUT2D eigenvalue weighted by Crippen LogP contribution is -2.26. The van der Waals surface area contributed by atoms with Gasteiger partial charge in [0.1, 0.15) is 0 Å². The van der Waals surface area contributed by atoms with Gasteiger partial charge in [0.15, 0.2) is 11.6 Å². The second kappa shape index (κ2) is 11.1. The number of hydrogen-bond donors (Lipinski definition) is 2. The van der Waals surface area contributed by atoms with Crippen LogP contribution in [-0.2, 0) is 0 Å². The molecule has 6 nitrogen and oxygen atoms in total. The molecule has 2 N–H and O–H groups in total. The Labute approximate surface area is 240 Å². The van der Waals surface area contributed by atoms with E-state index in [2.05, 4.69) is 10.6 Å². The molecule has 1 aliphatic carbocycles. The highest BCUT2D eigenvalue weighted by atomic mass is 32.2. The van der Waals surface area contributed by atoms with E-state index < -0.39 is 23.4 Å². The van der Waals surface area contributed by atoms with Crippen LogP contribution in [0.15, 0.2) is 131 Å². The first-order valence-electron chi connectivity index (χ1n) is 12.9. The Morgan fingerprint density at radius 3 is 1.61 bits per heavy atom. The molecule has 7 heteroatoms. The molecule has 41 heavy (non-hydrogen) atoms. The van der Waals surface area contributed by atoms with Gasteiger partial charge >= 0.3 is 0 Å². The van der Waals surface area contributed by atoms with Gasteiger partial charge in [-0.15, -0.1) is 0 Å². The number of rotatable bonds is 6. The molecule has 0 heterocycles. The highest BCUT2D eigenvalue weighted by molar-refractivity contribution is 7.99. The molecule has 5 aromatic rings. The zero-order chi connectivity index (χ0) is 28.3. The molecular formula is C34H22N2O4S. The van der Waals surface area contributed by atoms with Crippen LogP contribution >= 0.6 is 11.8 Å². The fraction of sp³-hybridized carbons (Fsp3) is 0. The molecule has 6 rings (SSSR count). The maximum Gasteiger partial charge on any atom is 0.255 e. The molecule has 1 aliphatic rings. The van der Waals surface area contributed by atoms with Crippen molar-refractivity contribution in [3.8, 4) is 0 Å². The Kier molecular flexibility index (Phi) is 7.02. The molecule has 0 spiro atoms. The van der Waals surface area contributed by atoms with Gasteiger partial charge in [0, 0.05) is 32.0 Å². The van der Waals surface area contributed by atoms with E-state index in [0.29, 0.717) is 16.0 Å². The standard InChI is InChI=1S/C34H22N2O4S/c37-31-24-17-10-18-25(35-33(39)21-11-4-1-5-12-21)28(24)32(38)30-27(41-23-15-8-3-9-16-23)20-19-26(29(30)31)36-34(40)22-13-6-2-7-14-22/h1-20H,(H,35,39)(H,36,40). The first-order valence-corrected chi connectivity index (χ1v) is 13.7. The van der Waals surface area contributed by atoms with Crippen LogP contribution in [0.25, 0.3) is 0 Å². The van der Waals surface area contributed by atoms with Crippen molar-refractivity contribution in [1.82, 2.24) is 0 Å². The lowest BCUT2D eigenvalue weighted by molar-refractivity contribution is 0.0975. The van der Waals surface area contributed by atoms with Crippen molar-refractivity contribution in [1.29, 1.82) is 0 Å². The van der Waals surface area contributed by atoms with Crippen molar-refractivity contribution >= 4 is 46.5 Å². The molecule has 0 saturated heterocycles. The first-order chi connectivity index (χ1) is 20.0. The largest absolute Gasteiger partial charge is 0.321 e. The van der Waals surface area contributed by atoms with E-state index in [0.717, 1.165) is 4.90 Å². The van der Waals surface area contributed by atoms with E-state index >= 15 is 0 Å². The summed E-state index contributed by atoms with van der Waals surface area (Å²) in [5.74, 6) is -1.61. The van der Waals surface area contributed by atoms with E-state index in [1.165, 1.54) is 11.8 Å². The summed E-state index contributed by atoms with van der Waals surface area (Å²) in [5.41, 5.74) is 1.92. The van der Waals surface area contributed by atoms with Gasteiger partial charge in [0.05, 0.1) is 22.5 Å². The fourth-order valence-electron chi connectivity index (χ4n) is 4.77. The molecule has 0 aliphatic heterocycles. The third kappa shape index (κ3) is 5.06. The Bertz CT molecular complexity index is 1820. The average molecular weight is 555 g/mol. The minimum Gasteiger partial charge on any atom is -0.321 e. The summed E-state index contributed by atoms with van der Waals surface area (Å²) >= 11 is 1.35. The second-order valence-corrected chi connectivity index (χ2v) is 10.4. The Morgan fingerprint density at radius 1 is 0.488 bits per heavy atom. The molecule has 0 aromatic heterocycles. The number of nitrogens with one attached hydrogen (secondary N) is 2. The maximum absolute atomic E-state index is 14.3. The molecule has 0 radical (unpaired) electrons. The van der Waals surface area contributed by atoms with Gasteiger partial charge in [-0.3, -0.25) is 19.2 Å². The Hall–Kier alpha value is -5.27. The lowest BCUT2D eigenvalue weighted by atomic mass is 9.82. The highest BCUT2D eigenvalue weighted by Gasteiger charge is 2.36. The predicted octanol–water partition coefficient (Wildman–Crippen LogP) is 7.12. The molecule has 5 aromatic carbocycles. The first kappa shape index (κ1) is 26.0. The van der Waals surface area contributed by atoms with E-state index in [-0.39, 0.29) is 33.6 Å². The fourth-order valence-corrected chi connectivity index (χ4v) is 5.75. The van der Waals surface area contributed by atoms with Crippen LogP contribution in [0, 0.1) is 0 Å². The van der Waals surface area contributed by atoms with Crippen LogP contribution in [0.2, 0.25) is 0 Å². The second-order valence-electron chi connectivity index (χ2n) is 9.30. The van der Waals surface area contributed by atoms with Gasteiger partial charge < -0.3 is 10.6 Å². The van der Waals surface area contributed by atoms with E-state index in [9.17, 15) is 19.2 Å². The van der Waals surface area contributed by atoms with Crippen LogP contribution in [0.3, 0.4) is 0 Å². The minimum atomic E-state index is -0.413. The quantitative estimate of drug-likeness (QED) is 0.229. The normalized spacial score (nSPS) is 11.8. The minimum absolute atomic E-state index is 0.121. The maximum atomic E-state index is 14.3. The summed E-state index contributed by atoms with van der Waals surface area (Å²) in [5, 5.41) is 5.65. The molecule has 0 fully saturated rings. The van der Waals surface area contributed by atoms with Crippen LogP contribution in [-0.4, -0.2) is 23.4 Å². The van der Waals surface area contributed by atoms with Gasteiger partial charge in [-0.25, -0.2) is 0 Å². The topological polar surface area (TPSA) is 92.3 Å². The number of anilines is 2. The van der Waals surface area contributed by atoms with Gasteiger partial charge in [-0.05, 0) is 54.6 Å². The summed E-state index contributed by atoms with van der Waals surface area (Å²) in [4.78, 5) is 55.9. The number of carbonyl (C=O) groups is 4. The van der Waals surface area contributed by atoms with Crippen molar-refractivity contribution < 1.29 is 19.2 Å². The molecule has 0 atom stereocenters. The molecule has 0 saturated carbocycles. The third-order valence-electron chi connectivity index (χ3n) is 6.70. The predicted molar refractivity (Wildman–Crippen MR) is 159 cm³/mol. The highest BCUT2D eigenvalue weighted by Crippen LogP contribution is 2.42. The van der Waals surface area contributed by atoms with Crippen molar-refractivity contribution in [3.63, 3.8) is 0 Å². The third-order valence-corrected chi connectivity index (χ3v) is 7.76. The Balaban J connectivity index is 1.46. The monoisotopic (exact) mass is 554 g/mol. The number of hydrogen-bond acceptors (Lipinski definition) is 5.